The van der Waals surface area contributed by atoms with Crippen molar-refractivity contribution in [1.29, 1.82) is 0 Å². The van der Waals surface area contributed by atoms with Gasteiger partial charge in [0.2, 0.25) is 0 Å². The van der Waals surface area contributed by atoms with E-state index in [-0.39, 0.29) is 14.9 Å². The van der Waals surface area contributed by atoms with Crippen LogP contribution in [-0.2, 0) is 0 Å². The topological polar surface area (TPSA) is 43.7 Å². The Labute approximate surface area is 106 Å². The van der Waals surface area contributed by atoms with Crippen molar-refractivity contribution in [2.45, 2.75) is 49.0 Å². The van der Waals surface area contributed by atoms with Gasteiger partial charge in [-0.3, -0.25) is 0 Å². The molecule has 0 fully saturated rings. The van der Waals surface area contributed by atoms with Gasteiger partial charge >= 0.3 is 0 Å². The van der Waals surface area contributed by atoms with Gasteiger partial charge < -0.3 is 14.9 Å². The highest BCUT2D eigenvalue weighted by molar-refractivity contribution is 5.95. The average molecular weight is 231 g/mol. The first kappa shape index (κ1) is 29.8. The summed E-state index contributed by atoms with van der Waals surface area (Å²) in [6.07, 6.45) is 1.30. The first-order chi connectivity index (χ1) is 6.74. The lowest BCUT2D eigenvalue weighted by Crippen LogP contribution is -2.27. The predicted molar refractivity (Wildman–Crippen MR) is 76.7 cm³/mol. The van der Waals surface area contributed by atoms with Crippen molar-refractivity contribution < 1.29 is 10.0 Å². The van der Waals surface area contributed by atoms with Crippen molar-refractivity contribution in [2.24, 2.45) is 5.92 Å². The first-order valence-corrected chi connectivity index (χ1v) is 4.98. The molecule has 0 bridgehead atoms. The predicted octanol–water partition coefficient (Wildman–Crippen LogP) is 1.77. The third kappa shape index (κ3) is 23.7. The van der Waals surface area contributed by atoms with E-state index in [0.29, 0.717) is 0 Å². The third-order valence-electron chi connectivity index (χ3n) is 2.16. The van der Waals surface area contributed by atoms with Crippen LogP contribution in [0.2, 0.25) is 0 Å². The summed E-state index contributed by atoms with van der Waals surface area (Å²) in [6, 6.07) is 0. The van der Waals surface area contributed by atoms with Gasteiger partial charge in [0.25, 0.3) is 16.1 Å². The van der Waals surface area contributed by atoms with Crippen LogP contribution in [0.25, 0.3) is 0 Å². The van der Waals surface area contributed by atoms with Crippen molar-refractivity contribution in [1.82, 2.24) is 4.90 Å². The molecule has 1 unspecified atom stereocenters. The molecule has 0 aromatic rings. The smallest absolute Gasteiger partial charge is 0.277 e. The zero-order valence-corrected chi connectivity index (χ0v) is 9.90. The Morgan fingerprint density at radius 2 is 1.25 bits per heavy atom. The third-order valence-corrected chi connectivity index (χ3v) is 2.16. The van der Waals surface area contributed by atoms with Crippen molar-refractivity contribution in [2.75, 3.05) is 19.6 Å². The van der Waals surface area contributed by atoms with Crippen molar-refractivity contribution in [3.05, 3.63) is 0 Å². The molecule has 0 amide bonds. The summed E-state index contributed by atoms with van der Waals surface area (Å²) in [5.41, 5.74) is 0. The number of nitrogens with zero attached hydrogens (tertiary/aromatic N) is 1. The molecule has 98 valence electrons. The second-order valence-electron chi connectivity index (χ2n) is 3.00. The summed E-state index contributed by atoms with van der Waals surface area (Å²) < 4.78 is 0. The normalized spacial score (nSPS) is 9.44. The summed E-state index contributed by atoms with van der Waals surface area (Å²) in [4.78, 5) is 2.48. The van der Waals surface area contributed by atoms with E-state index < -0.39 is 0 Å². The molecule has 0 rings (SSSR count). The molecule has 16 heavy (non-hydrogen) atoms. The highest BCUT2D eigenvalue weighted by atomic mass is 16.2. The minimum atomic E-state index is 0. The second kappa shape index (κ2) is 29.4. The summed E-state index contributed by atoms with van der Waals surface area (Å²) >= 11 is 0. The minimum absolute atomic E-state index is 0. The fourth-order valence-electron chi connectivity index (χ4n) is 1.05. The van der Waals surface area contributed by atoms with Gasteiger partial charge in [0.05, 0.1) is 0 Å². The quantitative estimate of drug-likeness (QED) is 0.708. The summed E-state index contributed by atoms with van der Waals surface area (Å²) in [5.74, 6) is 0.861. The van der Waals surface area contributed by atoms with Gasteiger partial charge in [-0.15, -0.1) is 0 Å². The molecule has 1 atom stereocenters. The zero-order chi connectivity index (χ0) is 12.0. The standard InChI is InChI=1S/C9H21N.2CH4.2BHO/c1-5-9(4)8-10(6-2)7-3;;;2*1-2/h9H,5-8H2,1-4H3;2*1H4;2*2H. The van der Waals surface area contributed by atoms with Crippen LogP contribution in [0.1, 0.15) is 49.0 Å². The Morgan fingerprint density at radius 1 is 0.938 bits per heavy atom. The molecule has 0 heterocycles. The van der Waals surface area contributed by atoms with E-state index >= 15 is 0 Å². The average Bonchev–Trinajstić information content (AvgIpc) is 2.30. The van der Waals surface area contributed by atoms with Crippen LogP contribution in [0.15, 0.2) is 0 Å². The maximum Gasteiger partial charge on any atom is 0.277 e. The van der Waals surface area contributed by atoms with Gasteiger partial charge in [-0.25, -0.2) is 0 Å². The lowest BCUT2D eigenvalue weighted by molar-refractivity contribution is 0.258. The van der Waals surface area contributed by atoms with Crippen LogP contribution in [0.3, 0.4) is 0 Å². The first-order valence-electron chi connectivity index (χ1n) is 4.98. The van der Waals surface area contributed by atoms with E-state index in [4.69, 9.17) is 10.0 Å². The van der Waals surface area contributed by atoms with Crippen LogP contribution in [0, 0.1) is 5.92 Å². The van der Waals surface area contributed by atoms with E-state index in [9.17, 15) is 0 Å². The van der Waals surface area contributed by atoms with E-state index in [2.05, 4.69) is 48.7 Å². The Balaban J connectivity index is -0.0000000602. The molecule has 4 radical (unpaired) electrons. The summed E-state index contributed by atoms with van der Waals surface area (Å²) in [6.45, 7) is 12.7. The van der Waals surface area contributed by atoms with Gasteiger partial charge in [-0.05, 0) is 19.0 Å². The molecule has 0 aliphatic heterocycles. The van der Waals surface area contributed by atoms with Crippen LogP contribution in [-0.4, -0.2) is 50.7 Å². The molecule has 0 aromatic heterocycles. The van der Waals surface area contributed by atoms with Crippen molar-refractivity contribution in [3.8, 4) is 0 Å². The molecule has 0 aromatic carbocycles. The van der Waals surface area contributed by atoms with Crippen LogP contribution < -0.4 is 0 Å². The lowest BCUT2D eigenvalue weighted by Gasteiger charge is -2.21. The number of rotatable bonds is 5. The monoisotopic (exact) mass is 231 g/mol. The van der Waals surface area contributed by atoms with Crippen molar-refractivity contribution in [3.63, 3.8) is 0 Å². The largest absolute Gasteiger partial charge is 0.461 e. The fourth-order valence-corrected chi connectivity index (χ4v) is 1.05. The van der Waals surface area contributed by atoms with Gasteiger partial charge in [-0.2, -0.15) is 0 Å². The maximum absolute atomic E-state index is 6.50. The molecule has 0 saturated carbocycles. The Kier molecular flexibility index (Phi) is 54.7. The minimum Gasteiger partial charge on any atom is -0.461 e. The highest BCUT2D eigenvalue weighted by Gasteiger charge is 2.03. The van der Waals surface area contributed by atoms with Crippen LogP contribution in [0.4, 0.5) is 0 Å². The number of hydrogen-bond donors (Lipinski definition) is 2. The van der Waals surface area contributed by atoms with Crippen LogP contribution >= 0.6 is 0 Å². The fraction of sp³-hybridized carbons (Fsp3) is 1.00. The molecular formula is C11H31B2NO2. The van der Waals surface area contributed by atoms with Gasteiger partial charge in [0, 0.05) is 6.54 Å². The Morgan fingerprint density at radius 3 is 1.44 bits per heavy atom. The Hall–Kier alpha value is 0.00987. The van der Waals surface area contributed by atoms with Gasteiger partial charge in [0.1, 0.15) is 0 Å². The molecule has 0 saturated heterocycles. The molecule has 0 spiro atoms. The molecule has 2 N–H and O–H groups in total. The van der Waals surface area contributed by atoms with E-state index in [0.717, 1.165) is 5.92 Å². The van der Waals surface area contributed by atoms with E-state index in [1.807, 2.05) is 0 Å². The van der Waals surface area contributed by atoms with Gasteiger partial charge in [-0.1, -0.05) is 49.0 Å². The van der Waals surface area contributed by atoms with Crippen molar-refractivity contribution >= 4 is 16.1 Å². The number of hydrogen-bond acceptors (Lipinski definition) is 3. The molecular weight excluding hydrogens is 200 g/mol. The highest BCUT2D eigenvalue weighted by Crippen LogP contribution is 2.02. The second-order valence-corrected chi connectivity index (χ2v) is 3.00. The summed E-state index contributed by atoms with van der Waals surface area (Å²) in [7, 11) is 7.00. The van der Waals surface area contributed by atoms with E-state index in [1.54, 1.807) is 0 Å². The van der Waals surface area contributed by atoms with E-state index in [1.165, 1.54) is 26.1 Å². The molecule has 0 aliphatic rings. The maximum atomic E-state index is 6.50. The zero-order valence-electron chi connectivity index (χ0n) is 9.90. The molecule has 5 heteroatoms. The molecule has 0 aliphatic carbocycles. The summed E-state index contributed by atoms with van der Waals surface area (Å²) in [5, 5.41) is 13.0. The van der Waals surface area contributed by atoms with Gasteiger partial charge in [0.15, 0.2) is 0 Å². The Bertz CT molecular complexity index is 84.4. The molecule has 3 nitrogen and oxygen atoms in total. The lowest BCUT2D eigenvalue weighted by atomic mass is 10.1. The SMILES string of the molecule is C.C.CCC(C)CN(CC)CC.[B]O.[B]O. The van der Waals surface area contributed by atoms with Crippen LogP contribution in [0.5, 0.6) is 0 Å².